The maximum atomic E-state index is 13.9. The zero-order valence-corrected chi connectivity index (χ0v) is 17.8. The van der Waals surface area contributed by atoms with Crippen molar-refractivity contribution in [2.45, 2.75) is 13.1 Å². The molecule has 4 rings (SSSR count). The minimum Gasteiger partial charge on any atom is -0.378 e. The van der Waals surface area contributed by atoms with Crippen molar-refractivity contribution in [2.75, 3.05) is 25.5 Å². The molecule has 0 aliphatic heterocycles. The molecule has 2 heterocycles. The first kappa shape index (κ1) is 21.2. The van der Waals surface area contributed by atoms with Gasteiger partial charge in [0.25, 0.3) is 11.5 Å². The summed E-state index contributed by atoms with van der Waals surface area (Å²) in [6.45, 7) is 0.760. The number of fused-ring (bicyclic) bond motifs is 1. The first-order valence-corrected chi connectivity index (χ1v) is 10.1. The Morgan fingerprint density at radius 3 is 2.75 bits per heavy atom. The van der Waals surface area contributed by atoms with Crippen LogP contribution in [0.5, 0.6) is 0 Å². The Morgan fingerprint density at radius 1 is 1.16 bits per heavy atom. The van der Waals surface area contributed by atoms with Crippen molar-refractivity contribution in [3.05, 3.63) is 88.4 Å². The van der Waals surface area contributed by atoms with Crippen molar-refractivity contribution in [2.24, 2.45) is 0 Å². The first-order valence-electron chi connectivity index (χ1n) is 10.1. The Labute approximate surface area is 183 Å². The van der Waals surface area contributed by atoms with Gasteiger partial charge in [-0.2, -0.15) is 5.10 Å². The summed E-state index contributed by atoms with van der Waals surface area (Å²) in [6, 6.07) is 13.6. The number of anilines is 1. The van der Waals surface area contributed by atoms with E-state index in [0.717, 1.165) is 5.69 Å². The molecule has 8 nitrogen and oxygen atoms in total. The van der Waals surface area contributed by atoms with Gasteiger partial charge in [-0.3, -0.25) is 14.2 Å². The molecule has 0 aliphatic rings. The molecule has 0 saturated heterocycles. The van der Waals surface area contributed by atoms with E-state index in [4.69, 9.17) is 0 Å². The third-order valence-electron chi connectivity index (χ3n) is 5.15. The second-order valence-corrected chi connectivity index (χ2v) is 7.57. The van der Waals surface area contributed by atoms with Gasteiger partial charge in [-0.15, -0.1) is 0 Å². The van der Waals surface area contributed by atoms with Gasteiger partial charge in [0.2, 0.25) is 0 Å². The Morgan fingerprint density at radius 2 is 1.97 bits per heavy atom. The lowest BCUT2D eigenvalue weighted by Gasteiger charge is -2.13. The molecule has 164 valence electrons. The Bertz CT molecular complexity index is 1330. The first-order chi connectivity index (χ1) is 15.4. The highest BCUT2D eigenvalue weighted by Gasteiger charge is 2.12. The monoisotopic (exact) mass is 434 g/mol. The average molecular weight is 434 g/mol. The van der Waals surface area contributed by atoms with Gasteiger partial charge in [-0.05, 0) is 24.3 Å². The van der Waals surface area contributed by atoms with Gasteiger partial charge < -0.3 is 10.2 Å². The molecule has 0 bridgehead atoms. The van der Waals surface area contributed by atoms with E-state index < -0.39 is 0 Å². The predicted octanol–water partition coefficient (Wildman–Crippen LogP) is 2.28. The minimum absolute atomic E-state index is 0.0850. The van der Waals surface area contributed by atoms with Crippen LogP contribution in [0.4, 0.5) is 10.1 Å². The fourth-order valence-corrected chi connectivity index (χ4v) is 3.39. The van der Waals surface area contributed by atoms with Crippen LogP contribution in [0.2, 0.25) is 0 Å². The van der Waals surface area contributed by atoms with Crippen molar-refractivity contribution in [1.82, 2.24) is 24.6 Å². The van der Waals surface area contributed by atoms with E-state index in [1.165, 1.54) is 23.2 Å². The predicted molar refractivity (Wildman–Crippen MR) is 120 cm³/mol. The smallest absolute Gasteiger partial charge is 0.264 e. The zero-order chi connectivity index (χ0) is 22.7. The second-order valence-electron chi connectivity index (χ2n) is 7.57. The molecule has 0 atom stereocenters. The third-order valence-corrected chi connectivity index (χ3v) is 5.15. The van der Waals surface area contributed by atoms with Crippen LogP contribution in [0.25, 0.3) is 11.0 Å². The van der Waals surface area contributed by atoms with E-state index >= 15 is 0 Å². The Balaban J connectivity index is 1.45. The Kier molecular flexibility index (Phi) is 5.98. The van der Waals surface area contributed by atoms with Crippen LogP contribution < -0.4 is 15.8 Å². The van der Waals surface area contributed by atoms with E-state index in [9.17, 15) is 14.0 Å². The highest BCUT2D eigenvalue weighted by molar-refractivity contribution is 5.95. The number of nitrogens with one attached hydrogen (secondary N) is 1. The number of hydrogen-bond donors (Lipinski definition) is 1. The van der Waals surface area contributed by atoms with Crippen LogP contribution in [-0.4, -0.2) is 45.9 Å². The van der Waals surface area contributed by atoms with Gasteiger partial charge >= 0.3 is 0 Å². The second kappa shape index (κ2) is 9.01. The van der Waals surface area contributed by atoms with E-state index in [1.807, 2.05) is 37.2 Å². The van der Waals surface area contributed by atoms with Gasteiger partial charge in [-0.1, -0.05) is 24.3 Å². The van der Waals surface area contributed by atoms with Crippen LogP contribution in [0.15, 0.2) is 65.8 Å². The fraction of sp³-hybridized carbons (Fsp3) is 0.217. The van der Waals surface area contributed by atoms with Crippen LogP contribution in [-0.2, 0) is 13.1 Å². The van der Waals surface area contributed by atoms with Gasteiger partial charge in [0, 0.05) is 37.5 Å². The van der Waals surface area contributed by atoms with Gasteiger partial charge in [-0.25, -0.2) is 14.1 Å². The number of rotatable bonds is 7. The fourth-order valence-electron chi connectivity index (χ4n) is 3.39. The molecule has 9 heteroatoms. The largest absolute Gasteiger partial charge is 0.378 e. The number of aromatic nitrogens is 4. The van der Waals surface area contributed by atoms with Crippen molar-refractivity contribution >= 4 is 22.6 Å². The SMILES string of the molecule is CN(C)c1cccc(C(=O)NCCn2ncc3c(=O)n(Cc4ccccc4F)cnc32)c1. The molecule has 0 saturated carbocycles. The molecular weight excluding hydrogens is 411 g/mol. The molecule has 0 spiro atoms. The molecule has 4 aromatic rings. The number of hydrogen-bond acceptors (Lipinski definition) is 5. The summed E-state index contributed by atoms with van der Waals surface area (Å²) >= 11 is 0. The van der Waals surface area contributed by atoms with Crippen molar-refractivity contribution in [3.63, 3.8) is 0 Å². The van der Waals surface area contributed by atoms with Crippen molar-refractivity contribution < 1.29 is 9.18 Å². The summed E-state index contributed by atoms with van der Waals surface area (Å²) in [5, 5.41) is 7.44. The number of carbonyl (C=O) groups is 1. The molecule has 0 radical (unpaired) electrons. The third kappa shape index (κ3) is 4.36. The van der Waals surface area contributed by atoms with Crippen LogP contribution in [0.1, 0.15) is 15.9 Å². The molecule has 2 aromatic carbocycles. The van der Waals surface area contributed by atoms with E-state index in [-0.39, 0.29) is 23.8 Å². The van der Waals surface area contributed by atoms with Gasteiger partial charge in [0.05, 0.1) is 19.3 Å². The molecule has 1 N–H and O–H groups in total. The van der Waals surface area contributed by atoms with Crippen LogP contribution >= 0.6 is 0 Å². The highest BCUT2D eigenvalue weighted by Crippen LogP contribution is 2.13. The van der Waals surface area contributed by atoms with Gasteiger partial charge in [0.15, 0.2) is 5.65 Å². The molecule has 0 fully saturated rings. The lowest BCUT2D eigenvalue weighted by atomic mass is 10.2. The van der Waals surface area contributed by atoms with Crippen LogP contribution in [0.3, 0.4) is 0 Å². The lowest BCUT2D eigenvalue weighted by Crippen LogP contribution is -2.28. The molecule has 0 aliphatic carbocycles. The summed E-state index contributed by atoms with van der Waals surface area (Å²) < 4.78 is 16.8. The summed E-state index contributed by atoms with van der Waals surface area (Å²) in [7, 11) is 3.83. The Hall–Kier alpha value is -4.01. The number of benzene rings is 2. The maximum Gasteiger partial charge on any atom is 0.264 e. The topological polar surface area (TPSA) is 85.0 Å². The molecule has 0 unspecified atom stereocenters. The summed E-state index contributed by atoms with van der Waals surface area (Å²) in [6.07, 6.45) is 2.84. The molecule has 2 aromatic heterocycles. The van der Waals surface area contributed by atoms with Crippen molar-refractivity contribution in [1.29, 1.82) is 0 Å². The average Bonchev–Trinajstić information content (AvgIpc) is 3.21. The quantitative estimate of drug-likeness (QED) is 0.482. The molecule has 1 amide bonds. The van der Waals surface area contributed by atoms with E-state index in [2.05, 4.69) is 15.4 Å². The standard InChI is InChI=1S/C23H23FN6O2/c1-28(2)18-8-5-7-16(12-18)22(31)25-10-11-30-21-19(13-27-30)23(32)29(15-26-21)14-17-6-3-4-9-20(17)24/h3-9,12-13,15H,10-11,14H2,1-2H3,(H,25,31). The summed E-state index contributed by atoms with van der Waals surface area (Å²) in [4.78, 5) is 31.5. The number of halogens is 1. The number of nitrogens with zero attached hydrogens (tertiary/aromatic N) is 5. The summed E-state index contributed by atoms with van der Waals surface area (Å²) in [5.74, 6) is -0.563. The molecule has 32 heavy (non-hydrogen) atoms. The lowest BCUT2D eigenvalue weighted by molar-refractivity contribution is 0.0952. The van der Waals surface area contributed by atoms with E-state index in [1.54, 1.807) is 28.9 Å². The summed E-state index contributed by atoms with van der Waals surface area (Å²) in [5.41, 5.74) is 2.03. The maximum absolute atomic E-state index is 13.9. The van der Waals surface area contributed by atoms with Gasteiger partial charge in [0.1, 0.15) is 17.5 Å². The zero-order valence-electron chi connectivity index (χ0n) is 17.8. The van der Waals surface area contributed by atoms with E-state index in [0.29, 0.717) is 35.2 Å². The number of carbonyl (C=O) groups excluding carboxylic acids is 1. The minimum atomic E-state index is -0.373. The van der Waals surface area contributed by atoms with Crippen molar-refractivity contribution in [3.8, 4) is 0 Å². The normalized spacial score (nSPS) is 11.0. The van der Waals surface area contributed by atoms with Crippen LogP contribution in [0, 0.1) is 5.82 Å². The molecular formula is C23H23FN6O2. The number of amides is 1. The highest BCUT2D eigenvalue weighted by atomic mass is 19.1.